The molecule has 0 unspecified atom stereocenters. The van der Waals surface area contributed by atoms with Gasteiger partial charge in [-0.15, -0.1) is 0 Å². The van der Waals surface area contributed by atoms with E-state index in [-0.39, 0.29) is 12.3 Å². The van der Waals surface area contributed by atoms with Crippen LogP contribution < -0.4 is 16.5 Å². The van der Waals surface area contributed by atoms with Crippen LogP contribution in [0.3, 0.4) is 0 Å². The second kappa shape index (κ2) is 11.6. The van der Waals surface area contributed by atoms with Gasteiger partial charge in [-0.3, -0.25) is 9.59 Å². The normalized spacial score (nSPS) is 16.5. The van der Waals surface area contributed by atoms with E-state index in [1.807, 2.05) is 143 Å². The van der Waals surface area contributed by atoms with Gasteiger partial charge in [0.1, 0.15) is 11.5 Å². The van der Waals surface area contributed by atoms with Gasteiger partial charge in [-0.05, 0) is 55.4 Å². The Bertz CT molecular complexity index is 1410. The van der Waals surface area contributed by atoms with E-state index in [1.165, 1.54) is 0 Å². The maximum atomic E-state index is 14.6. The summed E-state index contributed by atoms with van der Waals surface area (Å²) in [5.41, 5.74) is 7.88. The van der Waals surface area contributed by atoms with Crippen LogP contribution in [0.15, 0.2) is 115 Å². The molecule has 1 heterocycles. The molecule has 0 aromatic heterocycles. The van der Waals surface area contributed by atoms with Gasteiger partial charge >= 0.3 is 7.12 Å². The molecule has 0 radical (unpaired) electrons. The number of carbonyl (C=O) groups is 2. The van der Waals surface area contributed by atoms with E-state index in [2.05, 4.69) is 5.32 Å². The van der Waals surface area contributed by atoms with Crippen molar-refractivity contribution >= 4 is 24.4 Å². The van der Waals surface area contributed by atoms with Crippen LogP contribution in [0.1, 0.15) is 49.9 Å². The highest BCUT2D eigenvalue weighted by molar-refractivity contribution is 6.62. The Hall–Kier alpha value is -4.20. The number of hydrogen-bond donors (Lipinski definition) is 2. The highest BCUT2D eigenvalue weighted by Gasteiger charge is 2.51. The minimum Gasteiger partial charge on any atom is -0.399 e. The predicted molar refractivity (Wildman–Crippen MR) is 166 cm³/mol. The van der Waals surface area contributed by atoms with Crippen molar-refractivity contribution in [1.29, 1.82) is 0 Å². The molecule has 2 amide bonds. The fraction of sp³-hybridized carbons (Fsp3) is 0.257. The number of rotatable bonds is 9. The third-order valence-electron chi connectivity index (χ3n) is 8.55. The molecule has 42 heavy (non-hydrogen) atoms. The smallest absolute Gasteiger partial charge is 0.399 e. The average Bonchev–Trinajstić information content (AvgIpc) is 3.21. The summed E-state index contributed by atoms with van der Waals surface area (Å²) in [7, 11) is -0.487. The van der Waals surface area contributed by atoms with E-state index in [9.17, 15) is 9.59 Å². The zero-order valence-electron chi connectivity index (χ0n) is 24.5. The van der Waals surface area contributed by atoms with Crippen LogP contribution >= 0.6 is 0 Å². The van der Waals surface area contributed by atoms with Crippen molar-refractivity contribution in [2.24, 2.45) is 5.73 Å². The van der Waals surface area contributed by atoms with Crippen molar-refractivity contribution in [3.8, 4) is 0 Å². The topological polar surface area (TPSA) is 90.6 Å². The second-order valence-corrected chi connectivity index (χ2v) is 11.8. The molecular weight excluding hydrogens is 523 g/mol. The van der Waals surface area contributed by atoms with Crippen LogP contribution in [0.25, 0.3) is 0 Å². The van der Waals surface area contributed by atoms with Gasteiger partial charge in [0.15, 0.2) is 0 Å². The maximum absolute atomic E-state index is 14.6. The van der Waals surface area contributed by atoms with E-state index in [1.54, 1.807) is 0 Å². The first-order chi connectivity index (χ1) is 20.0. The zero-order valence-corrected chi connectivity index (χ0v) is 24.5. The lowest BCUT2D eigenvalue weighted by Gasteiger charge is -2.35. The summed E-state index contributed by atoms with van der Waals surface area (Å²) in [5.74, 6) is -0.940. The van der Waals surface area contributed by atoms with E-state index >= 15 is 0 Å². The van der Waals surface area contributed by atoms with E-state index in [4.69, 9.17) is 15.0 Å². The summed E-state index contributed by atoms with van der Waals surface area (Å²) in [6.07, 6.45) is 0.235. The maximum Gasteiger partial charge on any atom is 0.494 e. The lowest BCUT2D eigenvalue weighted by atomic mass is 9.68. The Balaban J connectivity index is 1.46. The molecule has 4 aromatic carbocycles. The standard InChI is InChI=1S/C35H37BN2O4/c1-33(2)34(3,4)42-36(41-33)29-22-20-25(21-23-29)24-30(31(37)39)38-32(40)35(26-14-8-5-9-15-26,27-16-10-6-11-17-27)28-18-12-7-13-19-28/h5-23,30H,24H2,1-4H3,(H2,37,39)(H,38,40)/t30-/m1/s1. The quantitative estimate of drug-likeness (QED) is 0.233. The van der Waals surface area contributed by atoms with Gasteiger partial charge in [0.25, 0.3) is 0 Å². The van der Waals surface area contributed by atoms with Crippen LogP contribution in [0.5, 0.6) is 0 Å². The van der Waals surface area contributed by atoms with Crippen molar-refractivity contribution in [1.82, 2.24) is 5.32 Å². The molecule has 0 saturated carbocycles. The van der Waals surface area contributed by atoms with E-state index in [0.717, 1.165) is 27.7 Å². The first-order valence-corrected chi connectivity index (χ1v) is 14.3. The molecule has 5 rings (SSSR count). The highest BCUT2D eigenvalue weighted by atomic mass is 16.7. The van der Waals surface area contributed by atoms with Crippen molar-refractivity contribution in [2.75, 3.05) is 0 Å². The van der Waals surface area contributed by atoms with E-state index < -0.39 is 35.7 Å². The van der Waals surface area contributed by atoms with Gasteiger partial charge in [0.2, 0.25) is 11.8 Å². The van der Waals surface area contributed by atoms with Crippen molar-refractivity contribution in [3.63, 3.8) is 0 Å². The van der Waals surface area contributed by atoms with Crippen LogP contribution in [0.4, 0.5) is 0 Å². The minimum atomic E-state index is -1.21. The minimum absolute atomic E-state index is 0.235. The van der Waals surface area contributed by atoms with Crippen molar-refractivity contribution in [3.05, 3.63) is 138 Å². The van der Waals surface area contributed by atoms with Crippen LogP contribution in [-0.2, 0) is 30.7 Å². The largest absolute Gasteiger partial charge is 0.494 e. The Morgan fingerprint density at radius 2 is 1.12 bits per heavy atom. The fourth-order valence-corrected chi connectivity index (χ4v) is 5.47. The number of amides is 2. The molecule has 1 aliphatic heterocycles. The summed E-state index contributed by atoms with van der Waals surface area (Å²) in [6.45, 7) is 8.06. The lowest BCUT2D eigenvalue weighted by Crippen LogP contribution is -2.54. The molecule has 0 spiro atoms. The summed E-state index contributed by atoms with van der Waals surface area (Å²) < 4.78 is 12.3. The summed E-state index contributed by atoms with van der Waals surface area (Å²) >= 11 is 0. The molecule has 4 aromatic rings. The Labute approximate surface area is 248 Å². The molecule has 3 N–H and O–H groups in total. The molecule has 6 nitrogen and oxygen atoms in total. The molecule has 1 fully saturated rings. The predicted octanol–water partition coefficient (Wildman–Crippen LogP) is 4.53. The number of hydrogen-bond acceptors (Lipinski definition) is 4. The van der Waals surface area contributed by atoms with Gasteiger partial charge in [-0.1, -0.05) is 115 Å². The highest BCUT2D eigenvalue weighted by Crippen LogP contribution is 2.40. The fourth-order valence-electron chi connectivity index (χ4n) is 5.47. The molecule has 1 aliphatic rings. The third-order valence-corrected chi connectivity index (χ3v) is 8.55. The number of benzene rings is 4. The first-order valence-electron chi connectivity index (χ1n) is 14.3. The van der Waals surface area contributed by atoms with Crippen LogP contribution in [0.2, 0.25) is 0 Å². The SMILES string of the molecule is CC1(C)OB(c2ccc(C[C@@H](NC(=O)C(c3ccccc3)(c3ccccc3)c3ccccc3)C(N)=O)cc2)OC1(C)C. The molecular formula is C35H37BN2O4. The summed E-state index contributed by atoms with van der Waals surface area (Å²) in [6, 6.07) is 35.6. The zero-order chi connectivity index (χ0) is 30.0. The molecule has 1 saturated heterocycles. The number of primary amides is 1. The second-order valence-electron chi connectivity index (χ2n) is 11.8. The third kappa shape index (κ3) is 5.50. The molecule has 214 valence electrons. The lowest BCUT2D eigenvalue weighted by molar-refractivity contribution is -0.129. The number of carbonyl (C=O) groups excluding carboxylic acids is 2. The molecule has 7 heteroatoms. The van der Waals surface area contributed by atoms with Gasteiger partial charge in [0.05, 0.1) is 11.2 Å². The Morgan fingerprint density at radius 1 is 0.714 bits per heavy atom. The van der Waals surface area contributed by atoms with Gasteiger partial charge < -0.3 is 20.4 Å². The summed E-state index contributed by atoms with van der Waals surface area (Å²) in [5, 5.41) is 3.03. The van der Waals surface area contributed by atoms with Crippen molar-refractivity contribution in [2.45, 2.75) is 56.8 Å². The van der Waals surface area contributed by atoms with Crippen molar-refractivity contribution < 1.29 is 18.9 Å². The van der Waals surface area contributed by atoms with Crippen LogP contribution in [-0.4, -0.2) is 36.2 Å². The van der Waals surface area contributed by atoms with Gasteiger partial charge in [-0.25, -0.2) is 0 Å². The first kappa shape index (κ1) is 29.3. The monoisotopic (exact) mass is 560 g/mol. The average molecular weight is 561 g/mol. The molecule has 1 atom stereocenters. The summed E-state index contributed by atoms with van der Waals surface area (Å²) in [4.78, 5) is 27.3. The number of nitrogens with two attached hydrogens (primary N) is 1. The molecule has 0 bridgehead atoms. The van der Waals surface area contributed by atoms with Crippen LogP contribution in [0, 0.1) is 0 Å². The van der Waals surface area contributed by atoms with E-state index in [0.29, 0.717) is 0 Å². The Morgan fingerprint density at radius 3 is 1.50 bits per heavy atom. The molecule has 0 aliphatic carbocycles. The number of nitrogens with one attached hydrogen (secondary N) is 1. The van der Waals surface area contributed by atoms with Gasteiger partial charge in [0, 0.05) is 6.42 Å². The Kier molecular flexibility index (Phi) is 8.09. The van der Waals surface area contributed by atoms with Gasteiger partial charge in [-0.2, -0.15) is 0 Å².